The third-order valence-electron chi connectivity index (χ3n) is 12.3. The van der Waals surface area contributed by atoms with E-state index in [-0.39, 0.29) is 34.4 Å². The molecule has 0 saturated heterocycles. The predicted molar refractivity (Wildman–Crippen MR) is 271 cm³/mol. The number of phenolic OH excluding ortho intramolecular Hbond substituents is 1. The lowest BCUT2D eigenvalue weighted by atomic mass is 9.86. The first-order valence-corrected chi connectivity index (χ1v) is 22.2. The number of hydrogen-bond acceptors (Lipinski definition) is 3. The van der Waals surface area contributed by atoms with Crippen LogP contribution in [0.25, 0.3) is 55.8 Å². The molecule has 8 aromatic rings. The fourth-order valence-corrected chi connectivity index (χ4v) is 8.54. The number of nitrogens with zero attached hydrogens (tertiary/aromatic N) is 2. The number of rotatable bonds is 10. The van der Waals surface area contributed by atoms with Crippen LogP contribution >= 0.6 is 0 Å². The van der Waals surface area contributed by atoms with Crippen molar-refractivity contribution in [2.45, 2.75) is 79.5 Å². The molecule has 8 rings (SSSR count). The van der Waals surface area contributed by atoms with Gasteiger partial charge in [-0.1, -0.05) is 163 Å². The van der Waals surface area contributed by atoms with Crippen LogP contribution in [0.5, 0.6) is 5.75 Å². The maximum absolute atomic E-state index is 12.1. The number of anilines is 2. The Labute approximate surface area is 384 Å². The molecule has 0 saturated carbocycles. The number of phenols is 1. The first-order valence-electron chi connectivity index (χ1n) is 23.7. The normalized spacial score (nSPS) is 12.5. The summed E-state index contributed by atoms with van der Waals surface area (Å²) >= 11 is 0. The molecular formula is C60H59N3O. The molecule has 0 bridgehead atoms. The van der Waals surface area contributed by atoms with Gasteiger partial charge in [-0.2, -0.15) is 0 Å². The summed E-state index contributed by atoms with van der Waals surface area (Å²) in [6.07, 6.45) is 1.86. The summed E-state index contributed by atoms with van der Waals surface area (Å²) < 4.78 is 25.4. The van der Waals surface area contributed by atoms with Gasteiger partial charge in [-0.15, -0.1) is 0 Å². The van der Waals surface area contributed by atoms with Crippen LogP contribution in [-0.4, -0.2) is 15.9 Å². The van der Waals surface area contributed by atoms with Gasteiger partial charge in [0.1, 0.15) is 11.6 Å². The Morgan fingerprint density at radius 1 is 0.594 bits per heavy atom. The largest absolute Gasteiger partial charge is 0.507 e. The van der Waals surface area contributed by atoms with Crippen LogP contribution in [-0.2, 0) is 5.41 Å². The molecule has 0 aliphatic carbocycles. The van der Waals surface area contributed by atoms with Gasteiger partial charge in [0, 0.05) is 21.4 Å². The molecule has 1 aromatic heterocycles. The maximum atomic E-state index is 12.1. The van der Waals surface area contributed by atoms with Crippen molar-refractivity contribution in [3.63, 3.8) is 0 Å². The van der Waals surface area contributed by atoms with E-state index in [1.54, 1.807) is 12.1 Å². The lowest BCUT2D eigenvalue weighted by Gasteiger charge is -2.31. The lowest BCUT2D eigenvalue weighted by Crippen LogP contribution is -2.28. The van der Waals surface area contributed by atoms with Crippen molar-refractivity contribution in [2.24, 2.45) is 0 Å². The zero-order chi connectivity index (χ0) is 47.8. The smallest absolute Gasteiger partial charge is 0.141 e. The second-order valence-corrected chi connectivity index (χ2v) is 18.5. The van der Waals surface area contributed by atoms with Crippen molar-refractivity contribution in [3.8, 4) is 61.5 Å². The minimum absolute atomic E-state index is 0.00631. The summed E-state index contributed by atoms with van der Waals surface area (Å²) in [5.41, 5.74) is 15.1. The third kappa shape index (κ3) is 8.92. The van der Waals surface area contributed by atoms with Gasteiger partial charge in [0.25, 0.3) is 0 Å². The Balaban J connectivity index is 1.39. The first-order chi connectivity index (χ1) is 31.9. The Morgan fingerprint density at radius 2 is 1.25 bits per heavy atom. The molecule has 4 nitrogen and oxygen atoms in total. The highest BCUT2D eigenvalue weighted by atomic mass is 16.3. The molecule has 4 heteroatoms. The monoisotopic (exact) mass is 840 g/mol. The molecule has 320 valence electrons. The third-order valence-corrected chi connectivity index (χ3v) is 12.3. The second kappa shape index (κ2) is 18.0. The van der Waals surface area contributed by atoms with Crippen molar-refractivity contribution in [1.29, 1.82) is 5.41 Å². The highest BCUT2D eigenvalue weighted by molar-refractivity contribution is 6.16. The molecule has 64 heavy (non-hydrogen) atoms. The number of aryl methyl sites for hydroxylation is 1. The van der Waals surface area contributed by atoms with Gasteiger partial charge in [-0.05, 0) is 147 Å². The average molecular weight is 841 g/mol. The van der Waals surface area contributed by atoms with Gasteiger partial charge in [-0.3, -0.25) is 15.3 Å². The van der Waals surface area contributed by atoms with Crippen molar-refractivity contribution in [1.82, 2.24) is 4.98 Å². The van der Waals surface area contributed by atoms with Gasteiger partial charge in [0.2, 0.25) is 0 Å². The number of aromatic nitrogens is 1. The first kappa shape index (κ1) is 39.8. The van der Waals surface area contributed by atoms with Crippen molar-refractivity contribution >= 4 is 17.2 Å². The molecule has 1 heterocycles. The zero-order valence-corrected chi connectivity index (χ0v) is 38.2. The fourth-order valence-electron chi connectivity index (χ4n) is 8.54. The van der Waals surface area contributed by atoms with Crippen molar-refractivity contribution in [3.05, 3.63) is 203 Å². The number of benzene rings is 7. The number of nitrogens with one attached hydrogen (secondary N) is 1. The van der Waals surface area contributed by atoms with Crippen molar-refractivity contribution in [2.75, 3.05) is 4.90 Å². The lowest BCUT2D eigenvalue weighted by molar-refractivity contribution is 0.463. The van der Waals surface area contributed by atoms with Gasteiger partial charge in [0.15, 0.2) is 0 Å². The molecule has 0 atom stereocenters. The SMILES string of the molecule is [2H]C([2H])([2H])c1ccc(N(C(=N)c2cc(C(C)C)cc(C(C)C)c2O)c2cccc(-c3cc(-c4ccccc4)cc(-c4cc(-c5ccccc5)ccn4)c3)c2C)c(-c2ccc(C(C)(C)C)cc2)c1. The van der Waals surface area contributed by atoms with Crippen LogP contribution in [0.15, 0.2) is 170 Å². The van der Waals surface area contributed by atoms with E-state index in [2.05, 4.69) is 122 Å². The molecule has 0 fully saturated rings. The summed E-state index contributed by atoms with van der Waals surface area (Å²) in [5, 5.41) is 22.5. The van der Waals surface area contributed by atoms with Gasteiger partial charge >= 0.3 is 0 Å². The topological polar surface area (TPSA) is 60.2 Å². The molecule has 2 N–H and O–H groups in total. The number of aromatic hydroxyl groups is 1. The van der Waals surface area contributed by atoms with Gasteiger partial charge in [-0.25, -0.2) is 0 Å². The van der Waals surface area contributed by atoms with Crippen LogP contribution in [0.4, 0.5) is 11.4 Å². The quantitative estimate of drug-likeness (QED) is 0.107. The zero-order valence-electron chi connectivity index (χ0n) is 41.2. The molecule has 7 aromatic carbocycles. The van der Waals surface area contributed by atoms with E-state index in [1.807, 2.05) is 96.0 Å². The van der Waals surface area contributed by atoms with Gasteiger partial charge < -0.3 is 5.11 Å². The molecule has 0 amide bonds. The summed E-state index contributed by atoms with van der Waals surface area (Å²) in [6, 6.07) is 55.0. The van der Waals surface area contributed by atoms with Crippen LogP contribution in [0.1, 0.15) is 97.8 Å². The summed E-state index contributed by atoms with van der Waals surface area (Å²) in [4.78, 5) is 6.79. The summed E-state index contributed by atoms with van der Waals surface area (Å²) in [7, 11) is 0. The maximum Gasteiger partial charge on any atom is 0.141 e. The molecule has 0 aliphatic heterocycles. The minimum atomic E-state index is -2.38. The number of pyridine rings is 1. The highest BCUT2D eigenvalue weighted by Gasteiger charge is 2.27. The van der Waals surface area contributed by atoms with Gasteiger partial charge in [0.05, 0.1) is 22.6 Å². The van der Waals surface area contributed by atoms with Crippen molar-refractivity contribution < 1.29 is 9.22 Å². The molecular weight excluding hydrogens is 779 g/mol. The number of amidine groups is 1. The van der Waals surface area contributed by atoms with Crippen LogP contribution in [0.3, 0.4) is 0 Å². The Morgan fingerprint density at radius 3 is 1.89 bits per heavy atom. The Bertz CT molecular complexity index is 3080. The van der Waals surface area contributed by atoms with E-state index in [1.165, 1.54) is 0 Å². The molecule has 0 spiro atoms. The van der Waals surface area contributed by atoms with E-state index in [0.717, 1.165) is 72.5 Å². The highest BCUT2D eigenvalue weighted by Crippen LogP contribution is 2.44. The standard InChI is InChI=1S/C60H59N3O/c1-38(2)46-35-52(39(3)4)58(64)54(36-46)59(61)63(57-28-23-40(5)31-53(57)44-24-26-50(27-25-44)60(7,8)9)56-22-16-21-51(41(56)6)48-32-47(43-19-14-11-15-20-43)33-49(34-48)55-37-45(29-30-62-55)42-17-12-10-13-18-42/h10-39,61,64H,1-9H3/i5D3. The van der Waals surface area contributed by atoms with E-state index in [0.29, 0.717) is 22.5 Å². The molecule has 0 aliphatic rings. The predicted octanol–water partition coefficient (Wildman–Crippen LogP) is 16.4. The van der Waals surface area contributed by atoms with E-state index in [4.69, 9.17) is 9.10 Å². The fraction of sp³-hybridized carbons (Fsp3) is 0.200. The van der Waals surface area contributed by atoms with E-state index < -0.39 is 6.85 Å². The average Bonchev–Trinajstić information content (AvgIpc) is 3.32. The Hall–Kier alpha value is -7.04. The minimum Gasteiger partial charge on any atom is -0.507 e. The molecule has 0 unspecified atom stereocenters. The van der Waals surface area contributed by atoms with E-state index >= 15 is 0 Å². The van der Waals surface area contributed by atoms with Crippen LogP contribution in [0.2, 0.25) is 0 Å². The van der Waals surface area contributed by atoms with E-state index in [9.17, 15) is 10.5 Å². The van der Waals surface area contributed by atoms with Crippen LogP contribution in [0, 0.1) is 19.2 Å². The summed E-state index contributed by atoms with van der Waals surface area (Å²) in [5.74, 6) is 0.251. The van der Waals surface area contributed by atoms with Crippen LogP contribution < -0.4 is 4.90 Å². The molecule has 0 radical (unpaired) electrons. The Kier molecular flexibility index (Phi) is 11.2. The second-order valence-electron chi connectivity index (χ2n) is 18.5. The summed E-state index contributed by atoms with van der Waals surface area (Å²) in [6.45, 7) is 14.5. The number of hydrogen-bond donors (Lipinski definition) is 2.